The topological polar surface area (TPSA) is 53.5 Å². The lowest BCUT2D eigenvalue weighted by Crippen LogP contribution is -2.58. The highest BCUT2D eigenvalue weighted by molar-refractivity contribution is 5.16. The van der Waals surface area contributed by atoms with Crippen LogP contribution in [0, 0.1) is 52.3 Å². The highest BCUT2D eigenvalue weighted by Gasteiger charge is 2.68. The fraction of sp³-hybridized carbons (Fsp3) is 1.00. The third kappa shape index (κ3) is 3.36. The van der Waals surface area contributed by atoms with Crippen LogP contribution in [0.5, 0.6) is 0 Å². The summed E-state index contributed by atoms with van der Waals surface area (Å²) in [6.45, 7) is 12.4. The van der Waals surface area contributed by atoms with Crippen LogP contribution in [-0.4, -0.2) is 42.7 Å². The molecule has 6 fully saturated rings. The molecule has 2 aliphatic heterocycles. The third-order valence-electron chi connectivity index (χ3n) is 12.7. The van der Waals surface area contributed by atoms with Gasteiger partial charge in [0.1, 0.15) is 5.72 Å². The van der Waals surface area contributed by atoms with Gasteiger partial charge >= 0.3 is 0 Å². The molecule has 1 spiro atoms. The molecule has 4 heteroatoms. The van der Waals surface area contributed by atoms with E-state index in [1.165, 1.54) is 64.2 Å². The van der Waals surface area contributed by atoms with Crippen molar-refractivity contribution >= 4 is 0 Å². The molecule has 4 nitrogen and oxygen atoms in total. The summed E-state index contributed by atoms with van der Waals surface area (Å²) in [4.78, 5) is 0. The first-order valence-electron chi connectivity index (χ1n) is 14.6. The summed E-state index contributed by atoms with van der Waals surface area (Å²) in [6.07, 6.45) is 14.1. The van der Waals surface area contributed by atoms with Gasteiger partial charge in [0.2, 0.25) is 0 Å². The number of ether oxygens (including phenoxy) is 1. The van der Waals surface area contributed by atoms with Crippen molar-refractivity contribution in [2.24, 2.45) is 52.3 Å². The van der Waals surface area contributed by atoms with Gasteiger partial charge < -0.3 is 15.2 Å². The highest BCUT2D eigenvalue weighted by atomic mass is 16.5. The number of aliphatic hydroxyl groups excluding tert-OH is 1. The predicted molar refractivity (Wildman–Crippen MR) is 133 cm³/mol. The number of aliphatic hydroxyl groups is 1. The molecule has 1 unspecified atom stereocenters. The van der Waals surface area contributed by atoms with Crippen molar-refractivity contribution in [2.75, 3.05) is 19.7 Å². The summed E-state index contributed by atoms with van der Waals surface area (Å²) in [5.41, 5.74) is 0.979. The number of fused-ring (bicyclic) bond motifs is 7. The number of piperidine rings is 1. The first-order chi connectivity index (χ1) is 15.8. The summed E-state index contributed by atoms with van der Waals surface area (Å²) < 4.78 is 7.05. The molecule has 0 aromatic heterocycles. The number of rotatable bonds is 3. The Balaban J connectivity index is 1.19. The van der Waals surface area contributed by atoms with Crippen LogP contribution in [0.4, 0.5) is 0 Å². The van der Waals surface area contributed by atoms with Crippen molar-refractivity contribution < 1.29 is 9.84 Å². The molecule has 0 aromatic rings. The monoisotopic (exact) mass is 458 g/mol. The number of hydrogen-bond donors (Lipinski definition) is 3. The van der Waals surface area contributed by atoms with Gasteiger partial charge in [-0.05, 0) is 111 Å². The summed E-state index contributed by atoms with van der Waals surface area (Å²) in [5, 5.41) is 16.8. The minimum Gasteiger partial charge on any atom is -0.395 e. The van der Waals surface area contributed by atoms with E-state index in [0.717, 1.165) is 48.6 Å². The predicted octanol–water partition coefficient (Wildman–Crippen LogP) is 4.96. The van der Waals surface area contributed by atoms with Crippen molar-refractivity contribution in [3.63, 3.8) is 0 Å². The quantitative estimate of drug-likeness (QED) is 0.560. The molecule has 188 valence electrons. The summed E-state index contributed by atoms with van der Waals surface area (Å²) in [6, 6.07) is 0.627. The van der Waals surface area contributed by atoms with Gasteiger partial charge in [0.25, 0.3) is 0 Å². The van der Waals surface area contributed by atoms with Gasteiger partial charge in [0.05, 0.1) is 12.7 Å². The van der Waals surface area contributed by atoms with E-state index in [4.69, 9.17) is 4.74 Å². The molecular weight excluding hydrogens is 408 g/mol. The lowest BCUT2D eigenvalue weighted by atomic mass is 9.44. The van der Waals surface area contributed by atoms with Crippen molar-refractivity contribution in [1.82, 2.24) is 10.6 Å². The maximum atomic E-state index is 9.25. The van der Waals surface area contributed by atoms with E-state index in [-0.39, 0.29) is 12.3 Å². The van der Waals surface area contributed by atoms with Crippen molar-refractivity contribution in [2.45, 2.75) is 110 Å². The second-order valence-corrected chi connectivity index (χ2v) is 14.0. The molecule has 0 bridgehead atoms. The normalized spacial score (nSPS) is 57.9. The maximum absolute atomic E-state index is 9.25. The Morgan fingerprint density at radius 2 is 1.76 bits per heavy atom. The zero-order valence-corrected chi connectivity index (χ0v) is 21.7. The fourth-order valence-corrected chi connectivity index (χ4v) is 10.9. The van der Waals surface area contributed by atoms with Crippen molar-refractivity contribution in [3.05, 3.63) is 0 Å². The first kappa shape index (κ1) is 23.3. The maximum Gasteiger partial charge on any atom is 0.122 e. The van der Waals surface area contributed by atoms with Crippen LogP contribution in [-0.2, 0) is 4.74 Å². The van der Waals surface area contributed by atoms with Gasteiger partial charge in [0, 0.05) is 25.0 Å². The van der Waals surface area contributed by atoms with Gasteiger partial charge in [0.15, 0.2) is 0 Å². The zero-order chi connectivity index (χ0) is 23.0. The molecule has 12 atom stereocenters. The SMILES string of the molecule is C[C@H]1CC[C@]2(NC1)O[C@H]1C[C@H]3[C@@H]4CC[C@H]5CC(NCCO)CC[C@]5(C)[C@H]4CC[C@]3(C)[C@H]1[C@@H]2C. The molecule has 6 aliphatic rings. The Labute approximate surface area is 202 Å². The van der Waals surface area contributed by atoms with Crippen LogP contribution in [0.2, 0.25) is 0 Å². The Morgan fingerprint density at radius 1 is 0.939 bits per heavy atom. The van der Waals surface area contributed by atoms with E-state index >= 15 is 0 Å². The Hall–Kier alpha value is -0.160. The van der Waals surface area contributed by atoms with Crippen LogP contribution >= 0.6 is 0 Å². The van der Waals surface area contributed by atoms with Crippen LogP contribution in [0.15, 0.2) is 0 Å². The molecule has 33 heavy (non-hydrogen) atoms. The first-order valence-corrected chi connectivity index (χ1v) is 14.6. The Kier molecular flexibility index (Phi) is 5.76. The van der Waals surface area contributed by atoms with E-state index in [0.29, 0.717) is 28.9 Å². The molecule has 2 saturated heterocycles. The van der Waals surface area contributed by atoms with E-state index in [2.05, 4.69) is 38.3 Å². The zero-order valence-electron chi connectivity index (χ0n) is 21.7. The van der Waals surface area contributed by atoms with Crippen LogP contribution in [0.3, 0.4) is 0 Å². The van der Waals surface area contributed by atoms with Crippen molar-refractivity contribution in [3.8, 4) is 0 Å². The molecule has 0 aromatic carbocycles. The molecule has 3 N–H and O–H groups in total. The number of nitrogens with one attached hydrogen (secondary N) is 2. The second kappa shape index (κ2) is 8.18. The van der Waals surface area contributed by atoms with Gasteiger partial charge in [-0.1, -0.05) is 27.7 Å². The number of hydrogen-bond acceptors (Lipinski definition) is 4. The van der Waals surface area contributed by atoms with E-state index in [1.807, 2.05) is 0 Å². The standard InChI is InChI=1S/C29H50N2O2/c1-18-7-12-29(31-17-18)19(2)26-25(33-29)16-24-22-6-5-20-15-21(30-13-14-32)8-10-27(20,3)23(22)9-11-28(24,26)4/h18-26,30-32H,5-17H2,1-4H3/t18-,19-,20-,21?,22+,23-,24-,25-,26-,27-,28-,29-/m0/s1. The molecule has 0 radical (unpaired) electrons. The lowest BCUT2D eigenvalue weighted by Gasteiger charge is -2.61. The van der Waals surface area contributed by atoms with E-state index in [1.54, 1.807) is 0 Å². The fourth-order valence-electron chi connectivity index (χ4n) is 10.9. The molecule has 2 heterocycles. The minimum absolute atomic E-state index is 0.0315. The van der Waals surface area contributed by atoms with E-state index in [9.17, 15) is 5.11 Å². The summed E-state index contributed by atoms with van der Waals surface area (Å²) >= 11 is 0. The molecule has 4 saturated carbocycles. The highest BCUT2D eigenvalue weighted by Crippen LogP contribution is 2.71. The minimum atomic E-state index is -0.0315. The molecule has 4 aliphatic carbocycles. The molecular formula is C29H50N2O2. The molecule has 6 rings (SSSR count). The van der Waals surface area contributed by atoms with Crippen LogP contribution in [0.25, 0.3) is 0 Å². The van der Waals surface area contributed by atoms with Crippen LogP contribution in [0.1, 0.15) is 91.9 Å². The summed E-state index contributed by atoms with van der Waals surface area (Å²) in [5.74, 6) is 5.76. The van der Waals surface area contributed by atoms with Crippen LogP contribution < -0.4 is 10.6 Å². The third-order valence-corrected chi connectivity index (χ3v) is 12.7. The van der Waals surface area contributed by atoms with Gasteiger partial charge in [-0.25, -0.2) is 0 Å². The lowest BCUT2D eigenvalue weighted by molar-refractivity contribution is -0.134. The average Bonchev–Trinajstić information content (AvgIpc) is 3.24. The smallest absolute Gasteiger partial charge is 0.122 e. The van der Waals surface area contributed by atoms with Gasteiger partial charge in [-0.15, -0.1) is 0 Å². The van der Waals surface area contributed by atoms with Crippen molar-refractivity contribution in [1.29, 1.82) is 0 Å². The van der Waals surface area contributed by atoms with Gasteiger partial charge in [-0.2, -0.15) is 0 Å². The van der Waals surface area contributed by atoms with E-state index < -0.39 is 0 Å². The Bertz CT molecular complexity index is 735. The largest absolute Gasteiger partial charge is 0.395 e. The Morgan fingerprint density at radius 3 is 2.52 bits per heavy atom. The average molecular weight is 459 g/mol. The molecule has 0 amide bonds. The second-order valence-electron chi connectivity index (χ2n) is 14.0. The van der Waals surface area contributed by atoms with Gasteiger partial charge in [-0.3, -0.25) is 5.32 Å². The summed E-state index contributed by atoms with van der Waals surface area (Å²) in [7, 11) is 0.